The van der Waals surface area contributed by atoms with Crippen LogP contribution in [0.25, 0.3) is 21.8 Å². The fraction of sp³-hybridized carbons (Fsp3) is 0. The highest BCUT2D eigenvalue weighted by atomic mass is 16.5. The molecule has 20 heavy (non-hydrogen) atoms. The number of hydrogen-bond acceptors (Lipinski definition) is 4. The predicted molar refractivity (Wildman–Crippen MR) is 74.1 cm³/mol. The van der Waals surface area contributed by atoms with Crippen molar-refractivity contribution in [1.29, 1.82) is 0 Å². The van der Waals surface area contributed by atoms with Crippen molar-refractivity contribution in [3.63, 3.8) is 0 Å². The summed E-state index contributed by atoms with van der Waals surface area (Å²) in [4.78, 5) is 36.5. The van der Waals surface area contributed by atoms with Crippen molar-refractivity contribution in [2.24, 2.45) is 0 Å². The van der Waals surface area contributed by atoms with Crippen LogP contribution in [0.1, 0.15) is 0 Å². The van der Waals surface area contributed by atoms with Gasteiger partial charge in [-0.3, -0.25) is 9.59 Å². The Labute approximate surface area is 111 Å². The predicted octanol–water partition coefficient (Wildman–Crippen LogP) is 0.775. The molecule has 0 radical (unpaired) electrons. The van der Waals surface area contributed by atoms with Gasteiger partial charge in [0.2, 0.25) is 10.9 Å². The molecule has 2 aromatic carbocycles. The second-order valence-electron chi connectivity index (χ2n) is 4.24. The molecule has 0 unspecified atom stereocenters. The summed E-state index contributed by atoms with van der Waals surface area (Å²) in [6.07, 6.45) is 0. The first kappa shape index (κ1) is 12.0. The Morgan fingerprint density at radius 1 is 0.850 bits per heavy atom. The molecule has 98 valence electrons. The van der Waals surface area contributed by atoms with Gasteiger partial charge in [0, 0.05) is 6.07 Å². The van der Waals surface area contributed by atoms with Gasteiger partial charge in [-0.25, -0.2) is 0 Å². The third-order valence-corrected chi connectivity index (χ3v) is 3.08. The van der Waals surface area contributed by atoms with Crippen molar-refractivity contribution in [2.75, 3.05) is 0 Å². The average Bonchev–Trinajstić information content (AvgIpc) is 2.51. The molecule has 0 saturated heterocycles. The third-order valence-electron chi connectivity index (χ3n) is 3.08. The smallest absolute Gasteiger partial charge is 0.303 e. The van der Waals surface area contributed by atoms with Gasteiger partial charge >= 0.3 is 5.52 Å². The maximum atomic E-state index is 12.2. The van der Waals surface area contributed by atoms with Gasteiger partial charge in [-0.15, -0.1) is 4.85 Å². The van der Waals surface area contributed by atoms with Crippen molar-refractivity contribution in [3.05, 3.63) is 79.1 Å². The van der Waals surface area contributed by atoms with Crippen LogP contribution >= 0.6 is 0 Å². The summed E-state index contributed by atoms with van der Waals surface area (Å²) in [6.45, 7) is 0. The number of hydrogen-bond donors (Lipinski definition) is 0. The Bertz CT molecular complexity index is 1020. The molecule has 0 aliphatic rings. The first-order valence-electron chi connectivity index (χ1n) is 5.83. The minimum Gasteiger partial charge on any atom is -0.755 e. The molecule has 1 aromatic heterocycles. The van der Waals surface area contributed by atoms with E-state index < -0.39 is 10.9 Å². The topological polar surface area (TPSA) is 85.1 Å². The molecule has 1 heterocycles. The molecule has 0 N–H and O–H groups in total. The van der Waals surface area contributed by atoms with Crippen LogP contribution < -0.4 is 15.4 Å². The van der Waals surface area contributed by atoms with Crippen LogP contribution in [0, 0.1) is 10.1 Å². The molecule has 3 aromatic rings. The van der Waals surface area contributed by atoms with Crippen molar-refractivity contribution >= 4 is 21.8 Å². The van der Waals surface area contributed by atoms with Gasteiger partial charge < -0.3 is 5.21 Å². The van der Waals surface area contributed by atoms with Gasteiger partial charge in [0.15, 0.2) is 4.54 Å². The highest BCUT2D eigenvalue weighted by molar-refractivity contribution is 5.81. The maximum absolute atomic E-state index is 12.2. The quantitative estimate of drug-likeness (QED) is 0.445. The molecule has 0 amide bonds. The van der Waals surface area contributed by atoms with Gasteiger partial charge in [0.1, 0.15) is 10.9 Å². The van der Waals surface area contributed by atoms with E-state index in [4.69, 9.17) is 0 Å². The molecule has 0 aliphatic heterocycles. The number of nitrogens with zero attached hydrogens (tertiary/aromatic N) is 2. The molecule has 0 aliphatic carbocycles. The Morgan fingerprint density at radius 3 is 2.15 bits per heavy atom. The highest BCUT2D eigenvalue weighted by Gasteiger charge is 2.13. The number of para-hydroxylation sites is 2. The van der Waals surface area contributed by atoms with Crippen LogP contribution in [0.5, 0.6) is 0 Å². The van der Waals surface area contributed by atoms with E-state index in [1.807, 2.05) is 0 Å². The zero-order valence-electron chi connectivity index (χ0n) is 10.1. The minimum atomic E-state index is -0.804. The molecule has 6 nitrogen and oxygen atoms in total. The van der Waals surface area contributed by atoms with Crippen molar-refractivity contribution in [3.8, 4) is 0 Å². The van der Waals surface area contributed by atoms with Gasteiger partial charge in [-0.1, -0.05) is 24.3 Å². The lowest BCUT2D eigenvalue weighted by Crippen LogP contribution is -2.32. The summed E-state index contributed by atoms with van der Waals surface area (Å²) in [6, 6.07) is 11.4. The summed E-state index contributed by atoms with van der Waals surface area (Å²) >= 11 is 0. The van der Waals surface area contributed by atoms with E-state index in [0.29, 0.717) is 0 Å². The number of rotatable bonds is 0. The van der Waals surface area contributed by atoms with E-state index in [-0.39, 0.29) is 31.2 Å². The average molecular weight is 268 g/mol. The molecule has 0 spiro atoms. The van der Waals surface area contributed by atoms with Crippen molar-refractivity contribution in [2.45, 2.75) is 0 Å². The molecule has 0 atom stereocenters. The van der Waals surface area contributed by atoms with Gasteiger partial charge in [-0.05, 0) is 18.2 Å². The Kier molecular flexibility index (Phi) is 2.57. The lowest BCUT2D eigenvalue weighted by atomic mass is 10.2. The Morgan fingerprint density at radius 2 is 1.40 bits per heavy atom. The van der Waals surface area contributed by atoms with E-state index in [1.165, 1.54) is 48.5 Å². The molecule has 3 rings (SSSR count). The zero-order chi connectivity index (χ0) is 14.3. The fourth-order valence-electron chi connectivity index (χ4n) is 2.11. The van der Waals surface area contributed by atoms with E-state index in [1.54, 1.807) is 0 Å². The van der Waals surface area contributed by atoms with Crippen molar-refractivity contribution < 1.29 is 4.54 Å². The summed E-state index contributed by atoms with van der Waals surface area (Å²) in [7, 11) is 0. The number of benzene rings is 2. The van der Waals surface area contributed by atoms with Crippen molar-refractivity contribution in [1.82, 2.24) is 4.85 Å². The largest absolute Gasteiger partial charge is 0.755 e. The van der Waals surface area contributed by atoms with Crippen LogP contribution in [-0.4, -0.2) is 4.85 Å². The van der Waals surface area contributed by atoms with E-state index in [2.05, 4.69) is 0 Å². The maximum Gasteiger partial charge on any atom is 0.303 e. The van der Waals surface area contributed by atoms with Crippen LogP contribution in [0.2, 0.25) is 0 Å². The molecule has 0 saturated carbocycles. The second kappa shape index (κ2) is 4.27. The van der Waals surface area contributed by atoms with Gasteiger partial charge in [0.25, 0.3) is 0 Å². The Balaban J connectivity index is 2.86. The summed E-state index contributed by atoms with van der Waals surface area (Å²) < 4.78 is 0.0680. The molecular weight excluding hydrogens is 260 g/mol. The van der Waals surface area contributed by atoms with Crippen LogP contribution in [0.4, 0.5) is 0 Å². The lowest BCUT2D eigenvalue weighted by Gasteiger charge is -2.02. The molecule has 6 heteroatoms. The van der Waals surface area contributed by atoms with Gasteiger partial charge in [-0.2, -0.15) is 0 Å². The minimum absolute atomic E-state index is 0.0680. The number of aromatic nitrogens is 2. The normalized spacial score (nSPS) is 10.8. The first-order valence-corrected chi connectivity index (χ1v) is 5.83. The fourth-order valence-corrected chi connectivity index (χ4v) is 2.11. The molecular formula is C14H8N2O4. The second-order valence-corrected chi connectivity index (χ2v) is 4.24. The summed E-state index contributed by atoms with van der Waals surface area (Å²) in [5.74, 6) is 0. The zero-order valence-corrected chi connectivity index (χ0v) is 10.1. The Hall–Kier alpha value is -3.02. The van der Waals surface area contributed by atoms with Gasteiger partial charge in [0.05, 0.1) is 10.3 Å². The highest BCUT2D eigenvalue weighted by Crippen LogP contribution is 2.06. The standard InChI is InChI=1S/C14H8N2O4/c17-13-9-5-1-3-7-11(9)15(19)16(20)12-8-4-2-6-10(12)14(13)18/h1-8H. The molecule has 0 fully saturated rings. The van der Waals surface area contributed by atoms with Crippen LogP contribution in [-0.2, 0) is 0 Å². The van der Waals surface area contributed by atoms with Crippen LogP contribution in [0.15, 0.2) is 58.1 Å². The van der Waals surface area contributed by atoms with E-state index in [0.717, 1.165) is 0 Å². The van der Waals surface area contributed by atoms with E-state index >= 15 is 0 Å². The molecule has 0 bridgehead atoms. The lowest BCUT2D eigenvalue weighted by molar-refractivity contribution is -0.556. The van der Waals surface area contributed by atoms with Crippen LogP contribution in [0.3, 0.4) is 0 Å². The SMILES string of the molecule is O=c1c(=O)c2ccccc2[n+](=O)n([O-])c2ccccc12. The third kappa shape index (κ3) is 1.58. The van der Waals surface area contributed by atoms with E-state index in [9.17, 15) is 19.7 Å². The first-order chi connectivity index (χ1) is 9.61. The summed E-state index contributed by atoms with van der Waals surface area (Å²) in [5, 5.41) is 11.9. The summed E-state index contributed by atoms with van der Waals surface area (Å²) in [5.41, 5.74) is -1.89. The number of fused-ring (bicyclic) bond motifs is 2. The monoisotopic (exact) mass is 268 g/mol.